The van der Waals surface area contributed by atoms with Gasteiger partial charge in [-0.2, -0.15) is 5.26 Å². The summed E-state index contributed by atoms with van der Waals surface area (Å²) >= 11 is 1.34. The van der Waals surface area contributed by atoms with Crippen molar-refractivity contribution in [1.29, 1.82) is 5.26 Å². The molecule has 1 atom stereocenters. The number of nitrogens with one attached hydrogen (secondary N) is 3. The van der Waals surface area contributed by atoms with E-state index < -0.39 is 18.1 Å². The number of hydrogen-bond acceptors (Lipinski definition) is 8. The van der Waals surface area contributed by atoms with E-state index in [4.69, 9.17) is 10.00 Å². The van der Waals surface area contributed by atoms with Crippen LogP contribution in [0.2, 0.25) is 0 Å². The molecule has 1 amide bonds. The molecule has 25 heavy (non-hydrogen) atoms. The van der Waals surface area contributed by atoms with Gasteiger partial charge < -0.3 is 4.74 Å². The van der Waals surface area contributed by atoms with Gasteiger partial charge in [0.25, 0.3) is 0 Å². The van der Waals surface area contributed by atoms with Gasteiger partial charge in [0, 0.05) is 10.9 Å². The van der Waals surface area contributed by atoms with E-state index in [9.17, 15) is 4.79 Å². The molecule has 8 nitrogen and oxygen atoms in total. The first-order chi connectivity index (χ1) is 12.1. The van der Waals surface area contributed by atoms with Gasteiger partial charge in [0.2, 0.25) is 12.0 Å². The lowest BCUT2D eigenvalue weighted by atomic mass is 10.1. The van der Waals surface area contributed by atoms with E-state index in [1.807, 2.05) is 17.5 Å². The fraction of sp³-hybridized carbons (Fsp3) is 0.312. The Hall–Kier alpha value is -2.51. The molecule has 0 aliphatic carbocycles. The molecule has 130 valence electrons. The number of benzene rings is 1. The number of aromatic nitrogens is 1. The van der Waals surface area contributed by atoms with Crippen LogP contribution in [0.25, 0.3) is 11.3 Å². The molecular formula is C16H18N6O2S. The fourth-order valence-electron chi connectivity index (χ4n) is 2.82. The average Bonchev–Trinajstić information content (AvgIpc) is 3.23. The Morgan fingerprint density at radius 2 is 1.96 bits per heavy atom. The standard InChI is InChI=1S/C16H18N6O2S/c1-18-13-16(19-2,20-3)22(15(23)24-13)14-21-12(9-25-14)11-6-4-10(8-17)5-7-11/h4-7,9,13,18-20H,1-3H3. The first kappa shape index (κ1) is 17.3. The van der Waals surface area contributed by atoms with Gasteiger partial charge >= 0.3 is 6.09 Å². The third-order valence-corrected chi connectivity index (χ3v) is 4.98. The number of cyclic esters (lactones) is 1. The molecule has 1 aromatic carbocycles. The summed E-state index contributed by atoms with van der Waals surface area (Å²) in [6.07, 6.45) is -1.08. The first-order valence-corrected chi connectivity index (χ1v) is 8.49. The molecule has 1 fully saturated rings. The van der Waals surface area contributed by atoms with E-state index in [0.717, 1.165) is 11.3 Å². The molecule has 2 aromatic rings. The number of carbonyl (C=O) groups is 1. The van der Waals surface area contributed by atoms with Gasteiger partial charge in [-0.3, -0.25) is 16.0 Å². The number of carbonyl (C=O) groups excluding carboxylic acids is 1. The highest BCUT2D eigenvalue weighted by Gasteiger charge is 2.55. The molecule has 2 heterocycles. The van der Waals surface area contributed by atoms with Crippen molar-refractivity contribution in [2.75, 3.05) is 26.0 Å². The predicted octanol–water partition coefficient (Wildman–Crippen LogP) is 1.28. The number of amides is 1. The summed E-state index contributed by atoms with van der Waals surface area (Å²) in [4.78, 5) is 18.5. The molecular weight excluding hydrogens is 340 g/mol. The summed E-state index contributed by atoms with van der Waals surface area (Å²) < 4.78 is 5.40. The molecule has 0 saturated carbocycles. The Morgan fingerprint density at radius 3 is 2.52 bits per heavy atom. The average molecular weight is 358 g/mol. The van der Waals surface area contributed by atoms with Crippen molar-refractivity contribution < 1.29 is 9.53 Å². The summed E-state index contributed by atoms with van der Waals surface area (Å²) in [5.41, 5.74) is 2.19. The van der Waals surface area contributed by atoms with Crippen LogP contribution in [-0.4, -0.2) is 44.2 Å². The SMILES string of the molecule is CNC1OC(=O)N(c2nc(-c3ccc(C#N)cc3)cs2)C1(NC)NC. The highest BCUT2D eigenvalue weighted by molar-refractivity contribution is 7.14. The van der Waals surface area contributed by atoms with Crippen molar-refractivity contribution in [2.24, 2.45) is 0 Å². The molecule has 1 aliphatic heterocycles. The topological polar surface area (TPSA) is 102 Å². The minimum Gasteiger partial charge on any atom is -0.424 e. The second-order valence-corrected chi connectivity index (χ2v) is 6.20. The van der Waals surface area contributed by atoms with Crippen LogP contribution in [0, 0.1) is 11.3 Å². The van der Waals surface area contributed by atoms with Crippen LogP contribution in [0.5, 0.6) is 0 Å². The van der Waals surface area contributed by atoms with E-state index in [1.54, 1.807) is 33.3 Å². The van der Waals surface area contributed by atoms with Crippen LogP contribution >= 0.6 is 11.3 Å². The van der Waals surface area contributed by atoms with Crippen LogP contribution in [0.15, 0.2) is 29.6 Å². The maximum Gasteiger partial charge on any atom is 0.420 e. The Kier molecular flexibility index (Phi) is 4.69. The van der Waals surface area contributed by atoms with Gasteiger partial charge in [-0.05, 0) is 33.3 Å². The molecule has 1 aliphatic rings. The van der Waals surface area contributed by atoms with Crippen molar-refractivity contribution in [2.45, 2.75) is 12.0 Å². The maximum absolute atomic E-state index is 12.4. The van der Waals surface area contributed by atoms with Crippen LogP contribution < -0.4 is 20.9 Å². The van der Waals surface area contributed by atoms with Crippen LogP contribution in [0.3, 0.4) is 0 Å². The lowest BCUT2D eigenvalue weighted by Gasteiger charge is -2.36. The molecule has 1 saturated heterocycles. The number of rotatable bonds is 5. The quantitative estimate of drug-likeness (QED) is 0.692. The van der Waals surface area contributed by atoms with Gasteiger partial charge in [0.05, 0.1) is 17.3 Å². The largest absolute Gasteiger partial charge is 0.424 e. The smallest absolute Gasteiger partial charge is 0.420 e. The highest BCUT2D eigenvalue weighted by Crippen LogP contribution is 2.35. The van der Waals surface area contributed by atoms with Crippen molar-refractivity contribution in [3.8, 4) is 17.3 Å². The molecule has 9 heteroatoms. The van der Waals surface area contributed by atoms with Crippen LogP contribution in [0.1, 0.15) is 5.56 Å². The molecule has 0 spiro atoms. The monoisotopic (exact) mass is 358 g/mol. The lowest BCUT2D eigenvalue weighted by molar-refractivity contribution is 0.0671. The second-order valence-electron chi connectivity index (χ2n) is 5.36. The number of nitriles is 1. The number of ether oxygens (including phenoxy) is 1. The molecule has 1 aromatic heterocycles. The van der Waals surface area contributed by atoms with Crippen molar-refractivity contribution in [1.82, 2.24) is 20.9 Å². The Morgan fingerprint density at radius 1 is 1.28 bits per heavy atom. The summed E-state index contributed by atoms with van der Waals surface area (Å²) in [6.45, 7) is 0. The van der Waals surface area contributed by atoms with Gasteiger partial charge in [-0.25, -0.2) is 14.7 Å². The van der Waals surface area contributed by atoms with Crippen molar-refractivity contribution in [3.05, 3.63) is 35.2 Å². The third kappa shape index (κ3) is 2.75. The first-order valence-electron chi connectivity index (χ1n) is 7.61. The second kappa shape index (κ2) is 6.78. The number of likely N-dealkylation sites (N-methyl/N-ethyl adjacent to an activating group) is 3. The third-order valence-electron chi connectivity index (χ3n) is 4.15. The number of thiazole rings is 1. The minimum absolute atomic E-state index is 0.497. The number of anilines is 1. The number of hydrogen-bond donors (Lipinski definition) is 3. The lowest BCUT2D eigenvalue weighted by Crippen LogP contribution is -2.71. The van der Waals surface area contributed by atoms with Gasteiger partial charge in [0.15, 0.2) is 5.13 Å². The van der Waals surface area contributed by atoms with E-state index in [2.05, 4.69) is 27.0 Å². The zero-order chi connectivity index (χ0) is 18.0. The Labute approximate surface area is 149 Å². The molecule has 3 N–H and O–H groups in total. The molecule has 0 radical (unpaired) electrons. The maximum atomic E-state index is 12.4. The summed E-state index contributed by atoms with van der Waals surface area (Å²) in [6, 6.07) is 9.23. The molecule has 0 bridgehead atoms. The fourth-order valence-corrected chi connectivity index (χ4v) is 3.70. The van der Waals surface area contributed by atoms with Crippen LogP contribution in [-0.2, 0) is 4.74 Å². The van der Waals surface area contributed by atoms with E-state index >= 15 is 0 Å². The number of nitrogens with zero attached hydrogens (tertiary/aromatic N) is 3. The highest BCUT2D eigenvalue weighted by atomic mass is 32.1. The van der Waals surface area contributed by atoms with E-state index in [-0.39, 0.29) is 0 Å². The van der Waals surface area contributed by atoms with Crippen LogP contribution in [0.4, 0.5) is 9.93 Å². The molecule has 3 rings (SSSR count). The zero-order valence-corrected chi connectivity index (χ0v) is 14.8. The summed E-state index contributed by atoms with van der Waals surface area (Å²) in [5.74, 6) is -0.953. The summed E-state index contributed by atoms with van der Waals surface area (Å²) in [5, 5.41) is 20.5. The molecule has 1 unspecified atom stereocenters. The van der Waals surface area contributed by atoms with Gasteiger partial charge in [-0.1, -0.05) is 12.1 Å². The minimum atomic E-state index is -0.953. The zero-order valence-electron chi connectivity index (χ0n) is 14.0. The van der Waals surface area contributed by atoms with Gasteiger partial charge in [-0.15, -0.1) is 11.3 Å². The predicted molar refractivity (Wildman–Crippen MR) is 94.9 cm³/mol. The Balaban J connectivity index is 1.97. The van der Waals surface area contributed by atoms with E-state index in [0.29, 0.717) is 10.7 Å². The summed E-state index contributed by atoms with van der Waals surface area (Å²) in [7, 11) is 5.20. The van der Waals surface area contributed by atoms with Crippen molar-refractivity contribution in [3.63, 3.8) is 0 Å². The Bertz CT molecular complexity index is 809. The normalized spacial score (nSPS) is 18.9. The van der Waals surface area contributed by atoms with Gasteiger partial charge in [0.1, 0.15) is 0 Å². The van der Waals surface area contributed by atoms with E-state index in [1.165, 1.54) is 16.2 Å². The van der Waals surface area contributed by atoms with Crippen molar-refractivity contribution >= 4 is 22.6 Å².